The first-order valence-corrected chi connectivity index (χ1v) is 15.1. The number of anilines is 2. The monoisotopic (exact) mass is 611 g/mol. The maximum atomic E-state index is 16.1. The van der Waals surface area contributed by atoms with E-state index in [2.05, 4.69) is 20.0 Å². The average Bonchev–Trinajstić information content (AvgIpc) is 3.44. The van der Waals surface area contributed by atoms with Gasteiger partial charge in [-0.3, -0.25) is 9.09 Å². The molecular formula is C26H39FN7O7P. The zero-order chi connectivity index (χ0) is 30.8. The number of alkyl halides is 1. The van der Waals surface area contributed by atoms with Gasteiger partial charge in [-0.05, 0) is 46.8 Å². The highest BCUT2D eigenvalue weighted by Crippen LogP contribution is 2.48. The van der Waals surface area contributed by atoms with Gasteiger partial charge in [-0.2, -0.15) is 9.97 Å². The molecule has 0 radical (unpaired) electrons. The lowest BCUT2D eigenvalue weighted by atomic mass is 9.98. The Bertz CT molecular complexity index is 1400. The zero-order valence-corrected chi connectivity index (χ0v) is 25.3. The Labute approximate surface area is 243 Å². The molecule has 4 rings (SSSR count). The van der Waals surface area contributed by atoms with Crippen LogP contribution in [0.15, 0.2) is 36.7 Å². The molecule has 5 N–H and O–H groups in total. The van der Waals surface area contributed by atoms with Crippen molar-refractivity contribution in [1.82, 2.24) is 24.6 Å². The van der Waals surface area contributed by atoms with E-state index in [0.717, 1.165) is 0 Å². The van der Waals surface area contributed by atoms with Crippen LogP contribution < -0.4 is 20.2 Å². The third-order valence-electron chi connectivity index (χ3n) is 6.80. The number of nitrogens with two attached hydrogens (primary N) is 1. The molecule has 1 fully saturated rings. The number of halogens is 1. The van der Waals surface area contributed by atoms with Crippen molar-refractivity contribution in [3.05, 3.63) is 36.7 Å². The van der Waals surface area contributed by atoms with Crippen LogP contribution in [0.5, 0.6) is 5.75 Å². The highest BCUT2D eigenvalue weighted by Gasteiger charge is 2.56. The highest BCUT2D eigenvalue weighted by atomic mass is 31.2. The van der Waals surface area contributed by atoms with Gasteiger partial charge in [0.1, 0.15) is 18.0 Å². The molecule has 2 unspecified atom stereocenters. The van der Waals surface area contributed by atoms with E-state index in [4.69, 9.17) is 24.3 Å². The number of aliphatic hydroxyl groups is 2. The lowest BCUT2D eigenvalue weighted by molar-refractivity contribution is -0.138. The van der Waals surface area contributed by atoms with E-state index in [0.29, 0.717) is 17.9 Å². The molecule has 1 saturated heterocycles. The molecule has 0 saturated carbocycles. The number of nitrogens with one attached hydrogen (secondary N) is 1. The van der Waals surface area contributed by atoms with E-state index < -0.39 is 50.8 Å². The molecule has 3 heterocycles. The van der Waals surface area contributed by atoms with Crippen LogP contribution in [0.2, 0.25) is 0 Å². The summed E-state index contributed by atoms with van der Waals surface area (Å²) in [5.74, 6) is 0.637. The molecular weight excluding hydrogens is 572 g/mol. The van der Waals surface area contributed by atoms with Crippen LogP contribution in [0.3, 0.4) is 0 Å². The topological polar surface area (TPSA) is 179 Å². The maximum Gasteiger partial charge on any atom is 0.459 e. The number of aromatic nitrogens is 4. The molecule has 2 aromatic heterocycles. The van der Waals surface area contributed by atoms with E-state index >= 15 is 4.39 Å². The van der Waals surface area contributed by atoms with Crippen LogP contribution in [0, 0.1) is 0 Å². The number of ether oxygens (including phenoxy) is 2. The molecule has 16 heteroatoms. The van der Waals surface area contributed by atoms with Gasteiger partial charge in [0.15, 0.2) is 35.2 Å². The summed E-state index contributed by atoms with van der Waals surface area (Å²) >= 11 is 0. The molecule has 7 atom stereocenters. The van der Waals surface area contributed by atoms with Gasteiger partial charge in [0.25, 0.3) is 0 Å². The third kappa shape index (κ3) is 6.83. The van der Waals surface area contributed by atoms with Crippen LogP contribution >= 0.6 is 7.75 Å². The van der Waals surface area contributed by atoms with E-state index in [1.807, 2.05) is 11.8 Å². The second-order valence-electron chi connectivity index (χ2n) is 10.6. The predicted molar refractivity (Wildman–Crippen MR) is 154 cm³/mol. The maximum absolute atomic E-state index is 16.1. The number of para-hydroxylation sites is 1. The van der Waals surface area contributed by atoms with Gasteiger partial charge < -0.3 is 34.8 Å². The van der Waals surface area contributed by atoms with Crippen LogP contribution in [0.1, 0.15) is 40.8 Å². The molecule has 232 valence electrons. The van der Waals surface area contributed by atoms with Crippen molar-refractivity contribution in [2.45, 2.75) is 77.2 Å². The number of benzene rings is 1. The van der Waals surface area contributed by atoms with Crippen molar-refractivity contribution >= 4 is 30.7 Å². The molecule has 42 heavy (non-hydrogen) atoms. The van der Waals surface area contributed by atoms with E-state index in [-0.39, 0.29) is 23.4 Å². The molecule has 0 bridgehead atoms. The van der Waals surface area contributed by atoms with Gasteiger partial charge in [-0.1, -0.05) is 18.2 Å². The van der Waals surface area contributed by atoms with Gasteiger partial charge in [-0.25, -0.2) is 19.0 Å². The Hall–Kier alpha value is -2.91. The fourth-order valence-corrected chi connectivity index (χ4v) is 6.00. The van der Waals surface area contributed by atoms with Crippen molar-refractivity contribution in [2.24, 2.45) is 0 Å². The molecule has 0 aliphatic carbocycles. The number of fused-ring (bicyclic) bond motifs is 1. The van der Waals surface area contributed by atoms with E-state index in [9.17, 15) is 14.8 Å². The Morgan fingerprint density at radius 3 is 2.62 bits per heavy atom. The standard InChI is InChI=1S/C26H39FN7O7P/c1-7-33(6)21-19-22(31-25(28)30-21)34(14-29-19)24-26(5,27)20(35)18(40-24)13-38-42(37,41-17-11-9-8-10-12-17)32-16(4)23(36)39-15(2)3/h8-12,14-16,18,20,23-24,35-36H,7,13H2,1-6H3,(H,32,37)(H2,28,30,31)/t16-,18+,20+,23?,24+,26+,42?/m0/s1. The summed E-state index contributed by atoms with van der Waals surface area (Å²) in [6.07, 6.45) is -4.67. The van der Waals surface area contributed by atoms with Crippen LogP contribution in [0.4, 0.5) is 16.2 Å². The number of rotatable bonds is 13. The van der Waals surface area contributed by atoms with Gasteiger partial charge in [0.05, 0.1) is 25.1 Å². The summed E-state index contributed by atoms with van der Waals surface area (Å²) in [4.78, 5) is 14.7. The van der Waals surface area contributed by atoms with Crippen molar-refractivity contribution < 1.29 is 37.7 Å². The SMILES string of the molecule is CCN(C)c1nc(N)nc2c1ncn2[C@@H]1O[C@H](COP(=O)(N[C@@H](C)C(O)OC(C)C)Oc2ccccc2)[C@@H](O)[C@@]1(C)F. The first-order chi connectivity index (χ1) is 19.8. The van der Waals surface area contributed by atoms with Crippen LogP contribution in [-0.4, -0.2) is 86.2 Å². The fraction of sp³-hybridized carbons (Fsp3) is 0.577. The number of nitrogens with zero attached hydrogens (tertiary/aromatic N) is 5. The Balaban J connectivity index is 1.57. The minimum absolute atomic E-state index is 0.0404. The summed E-state index contributed by atoms with van der Waals surface area (Å²) < 4.78 is 54.0. The minimum atomic E-state index is -4.23. The Morgan fingerprint density at radius 2 is 1.98 bits per heavy atom. The minimum Gasteiger partial charge on any atom is -0.413 e. The quantitative estimate of drug-likeness (QED) is 0.164. The number of nitrogen functional groups attached to an aromatic ring is 1. The largest absolute Gasteiger partial charge is 0.459 e. The first-order valence-electron chi connectivity index (χ1n) is 13.6. The summed E-state index contributed by atoms with van der Waals surface area (Å²) in [6.45, 7) is 8.19. The molecule has 0 spiro atoms. The summed E-state index contributed by atoms with van der Waals surface area (Å²) in [7, 11) is -2.42. The van der Waals surface area contributed by atoms with E-state index in [1.54, 1.807) is 51.2 Å². The predicted octanol–water partition coefficient (Wildman–Crippen LogP) is 2.78. The molecule has 0 amide bonds. The van der Waals surface area contributed by atoms with Gasteiger partial charge in [0.2, 0.25) is 5.95 Å². The van der Waals surface area contributed by atoms with E-state index in [1.165, 1.54) is 24.7 Å². The van der Waals surface area contributed by atoms with Crippen molar-refractivity contribution in [2.75, 3.05) is 30.8 Å². The van der Waals surface area contributed by atoms with Gasteiger partial charge in [-0.15, -0.1) is 0 Å². The summed E-state index contributed by atoms with van der Waals surface area (Å²) in [6, 6.07) is 7.35. The first kappa shape index (κ1) is 32.0. The Kier molecular flexibility index (Phi) is 9.72. The molecule has 3 aromatic rings. The number of hydrogen-bond donors (Lipinski definition) is 4. The van der Waals surface area contributed by atoms with Crippen molar-refractivity contribution in [3.8, 4) is 5.75 Å². The number of imidazole rings is 1. The molecule has 1 aromatic carbocycles. The normalized spacial score (nSPS) is 25.4. The van der Waals surface area contributed by atoms with Gasteiger partial charge in [0, 0.05) is 13.6 Å². The molecule has 1 aliphatic heterocycles. The molecule has 1 aliphatic rings. The fourth-order valence-electron chi connectivity index (χ4n) is 4.45. The third-order valence-corrected chi connectivity index (χ3v) is 8.47. The number of aliphatic hydroxyl groups excluding tert-OH is 2. The van der Waals surface area contributed by atoms with Crippen molar-refractivity contribution in [1.29, 1.82) is 0 Å². The zero-order valence-electron chi connectivity index (χ0n) is 24.4. The number of hydrogen-bond acceptors (Lipinski definition) is 12. The second kappa shape index (κ2) is 12.8. The lowest BCUT2D eigenvalue weighted by Gasteiger charge is -2.28. The summed E-state index contributed by atoms with van der Waals surface area (Å²) in [5, 5.41) is 24.0. The second-order valence-corrected chi connectivity index (χ2v) is 12.3. The molecule has 14 nitrogen and oxygen atoms in total. The average molecular weight is 612 g/mol. The highest BCUT2D eigenvalue weighted by molar-refractivity contribution is 7.52. The van der Waals surface area contributed by atoms with Crippen LogP contribution in [-0.2, 0) is 18.6 Å². The van der Waals surface area contributed by atoms with Crippen molar-refractivity contribution in [3.63, 3.8) is 0 Å². The van der Waals surface area contributed by atoms with Crippen LogP contribution in [0.25, 0.3) is 11.2 Å². The van der Waals surface area contributed by atoms with Gasteiger partial charge >= 0.3 is 7.75 Å². The Morgan fingerprint density at radius 1 is 1.29 bits per heavy atom. The summed E-state index contributed by atoms with van der Waals surface area (Å²) in [5.41, 5.74) is 4.19. The lowest BCUT2D eigenvalue weighted by Crippen LogP contribution is -2.42. The smallest absolute Gasteiger partial charge is 0.413 e.